The molecule has 6 nitrogen and oxygen atoms in total. The summed E-state index contributed by atoms with van der Waals surface area (Å²) in [4.78, 5) is 37.0. The van der Waals surface area contributed by atoms with Gasteiger partial charge in [0.2, 0.25) is 11.8 Å². The zero-order chi connectivity index (χ0) is 15.2. The molecule has 1 saturated heterocycles. The van der Waals surface area contributed by atoms with E-state index in [1.54, 1.807) is 6.92 Å². The molecule has 0 aliphatic carbocycles. The van der Waals surface area contributed by atoms with Crippen LogP contribution in [0, 0.1) is 0 Å². The lowest BCUT2D eigenvalue weighted by molar-refractivity contribution is -0.151. The van der Waals surface area contributed by atoms with E-state index in [2.05, 4.69) is 5.32 Å². The van der Waals surface area contributed by atoms with Gasteiger partial charge in [0, 0.05) is 6.54 Å². The Bertz CT molecular complexity index is 530. The molecule has 1 aromatic rings. The van der Waals surface area contributed by atoms with E-state index in [0.29, 0.717) is 6.54 Å². The second-order valence-corrected chi connectivity index (χ2v) is 4.81. The maximum atomic E-state index is 12.3. The number of benzene rings is 1. The van der Waals surface area contributed by atoms with Gasteiger partial charge in [-0.3, -0.25) is 14.4 Å². The van der Waals surface area contributed by atoms with E-state index in [9.17, 15) is 14.4 Å². The lowest BCUT2D eigenvalue weighted by Crippen LogP contribution is -2.58. The van der Waals surface area contributed by atoms with Crippen molar-refractivity contribution >= 4 is 17.8 Å². The monoisotopic (exact) mass is 290 g/mol. The van der Waals surface area contributed by atoms with Crippen LogP contribution >= 0.6 is 0 Å². The average molecular weight is 290 g/mol. The molecule has 2 rings (SSSR count). The van der Waals surface area contributed by atoms with Crippen molar-refractivity contribution in [1.29, 1.82) is 0 Å². The third-order valence-corrected chi connectivity index (χ3v) is 3.17. The van der Waals surface area contributed by atoms with Gasteiger partial charge in [0.1, 0.15) is 6.04 Å². The van der Waals surface area contributed by atoms with Gasteiger partial charge in [0.15, 0.2) is 0 Å². The third-order valence-electron chi connectivity index (χ3n) is 3.17. The molecule has 1 aromatic carbocycles. The van der Waals surface area contributed by atoms with E-state index in [1.807, 2.05) is 30.3 Å². The van der Waals surface area contributed by atoms with Crippen LogP contribution in [-0.2, 0) is 25.7 Å². The van der Waals surface area contributed by atoms with Gasteiger partial charge >= 0.3 is 5.97 Å². The van der Waals surface area contributed by atoms with Crippen LogP contribution in [0.3, 0.4) is 0 Å². The van der Waals surface area contributed by atoms with E-state index in [-0.39, 0.29) is 31.4 Å². The first-order chi connectivity index (χ1) is 10.1. The summed E-state index contributed by atoms with van der Waals surface area (Å²) in [6, 6.07) is 8.58. The number of nitrogens with one attached hydrogen (secondary N) is 1. The van der Waals surface area contributed by atoms with Crippen molar-refractivity contribution < 1.29 is 19.1 Å². The normalized spacial score (nSPS) is 18.3. The SMILES string of the molecule is CCOC(=O)CC1NC(=O)CN(Cc2ccccc2)C1=O. The lowest BCUT2D eigenvalue weighted by atomic mass is 10.1. The zero-order valence-corrected chi connectivity index (χ0v) is 11.9. The van der Waals surface area contributed by atoms with Gasteiger partial charge in [-0.1, -0.05) is 30.3 Å². The predicted octanol–water partition coefficient (Wildman–Crippen LogP) is 0.467. The van der Waals surface area contributed by atoms with Crippen LogP contribution in [0.2, 0.25) is 0 Å². The number of rotatable bonds is 5. The van der Waals surface area contributed by atoms with Crippen molar-refractivity contribution in [2.45, 2.75) is 25.9 Å². The average Bonchev–Trinajstić information content (AvgIpc) is 2.45. The number of amides is 2. The van der Waals surface area contributed by atoms with Gasteiger partial charge in [-0.15, -0.1) is 0 Å². The molecule has 21 heavy (non-hydrogen) atoms. The van der Waals surface area contributed by atoms with Crippen molar-refractivity contribution in [3.8, 4) is 0 Å². The quantitative estimate of drug-likeness (QED) is 0.800. The van der Waals surface area contributed by atoms with E-state index in [0.717, 1.165) is 5.56 Å². The maximum absolute atomic E-state index is 12.3. The van der Waals surface area contributed by atoms with Crippen LogP contribution in [0.5, 0.6) is 0 Å². The topological polar surface area (TPSA) is 75.7 Å². The number of esters is 1. The molecule has 0 saturated carbocycles. The molecule has 1 aliphatic heterocycles. The van der Waals surface area contributed by atoms with Gasteiger partial charge < -0.3 is 15.0 Å². The van der Waals surface area contributed by atoms with Gasteiger partial charge in [-0.25, -0.2) is 0 Å². The highest BCUT2D eigenvalue weighted by molar-refractivity contribution is 5.96. The standard InChI is InChI=1S/C15H18N2O4/c1-2-21-14(19)8-12-15(20)17(10-13(18)16-12)9-11-6-4-3-5-7-11/h3-7,12H,2,8-10H2,1H3,(H,16,18). The number of ether oxygens (including phenoxy) is 1. The molecule has 0 aromatic heterocycles. The Balaban J connectivity index is 2.03. The molecule has 6 heteroatoms. The lowest BCUT2D eigenvalue weighted by Gasteiger charge is -2.32. The fraction of sp³-hybridized carbons (Fsp3) is 0.400. The van der Waals surface area contributed by atoms with E-state index < -0.39 is 12.0 Å². The molecule has 2 amide bonds. The molecule has 1 heterocycles. The summed E-state index contributed by atoms with van der Waals surface area (Å²) >= 11 is 0. The minimum absolute atomic E-state index is 0.00700. The highest BCUT2D eigenvalue weighted by Crippen LogP contribution is 2.11. The van der Waals surface area contributed by atoms with Crippen LogP contribution in [0.1, 0.15) is 18.9 Å². The Morgan fingerprint density at radius 1 is 1.33 bits per heavy atom. The fourth-order valence-corrected chi connectivity index (χ4v) is 2.24. The first kappa shape index (κ1) is 15.0. The van der Waals surface area contributed by atoms with Crippen LogP contribution < -0.4 is 5.32 Å². The molecular formula is C15H18N2O4. The minimum atomic E-state index is -0.839. The van der Waals surface area contributed by atoms with E-state index in [4.69, 9.17) is 4.74 Å². The summed E-state index contributed by atoms with van der Waals surface area (Å²) in [6.07, 6.45) is -0.135. The predicted molar refractivity (Wildman–Crippen MR) is 75.0 cm³/mol. The smallest absolute Gasteiger partial charge is 0.308 e. The molecule has 1 unspecified atom stereocenters. The second-order valence-electron chi connectivity index (χ2n) is 4.81. The van der Waals surface area contributed by atoms with Crippen molar-refractivity contribution in [3.05, 3.63) is 35.9 Å². The molecule has 1 aliphatic rings. The Hall–Kier alpha value is -2.37. The summed E-state index contributed by atoms with van der Waals surface area (Å²) in [5.41, 5.74) is 0.940. The molecule has 1 N–H and O–H groups in total. The Morgan fingerprint density at radius 2 is 2.05 bits per heavy atom. The molecule has 0 radical (unpaired) electrons. The minimum Gasteiger partial charge on any atom is -0.466 e. The molecule has 1 fully saturated rings. The third kappa shape index (κ3) is 4.05. The molecule has 1 atom stereocenters. The largest absolute Gasteiger partial charge is 0.466 e. The van der Waals surface area contributed by atoms with Gasteiger partial charge in [-0.2, -0.15) is 0 Å². The highest BCUT2D eigenvalue weighted by Gasteiger charge is 2.34. The summed E-state index contributed by atoms with van der Waals surface area (Å²) in [5.74, 6) is -1.01. The summed E-state index contributed by atoms with van der Waals surface area (Å²) in [7, 11) is 0. The maximum Gasteiger partial charge on any atom is 0.308 e. The van der Waals surface area contributed by atoms with Crippen molar-refractivity contribution in [3.63, 3.8) is 0 Å². The van der Waals surface area contributed by atoms with Crippen LogP contribution in [0.4, 0.5) is 0 Å². The van der Waals surface area contributed by atoms with Crippen LogP contribution in [-0.4, -0.2) is 41.9 Å². The van der Waals surface area contributed by atoms with Gasteiger partial charge in [0.25, 0.3) is 0 Å². The van der Waals surface area contributed by atoms with Crippen molar-refractivity contribution in [2.75, 3.05) is 13.2 Å². The van der Waals surface area contributed by atoms with Gasteiger partial charge in [0.05, 0.1) is 19.6 Å². The van der Waals surface area contributed by atoms with Gasteiger partial charge in [-0.05, 0) is 12.5 Å². The number of carbonyl (C=O) groups excluding carboxylic acids is 3. The number of hydrogen-bond donors (Lipinski definition) is 1. The van der Waals surface area contributed by atoms with Crippen molar-refractivity contribution in [2.24, 2.45) is 0 Å². The molecule has 0 spiro atoms. The summed E-state index contributed by atoms with van der Waals surface area (Å²) < 4.78 is 4.82. The van der Waals surface area contributed by atoms with Crippen LogP contribution in [0.25, 0.3) is 0 Å². The first-order valence-electron chi connectivity index (χ1n) is 6.88. The van der Waals surface area contributed by atoms with E-state index in [1.165, 1.54) is 4.90 Å². The Labute approximate surface area is 123 Å². The fourth-order valence-electron chi connectivity index (χ4n) is 2.24. The molecular weight excluding hydrogens is 272 g/mol. The van der Waals surface area contributed by atoms with Crippen molar-refractivity contribution in [1.82, 2.24) is 10.2 Å². The van der Waals surface area contributed by atoms with E-state index >= 15 is 0 Å². The Kier molecular flexibility index (Phi) is 4.92. The van der Waals surface area contributed by atoms with Crippen LogP contribution in [0.15, 0.2) is 30.3 Å². The molecule has 112 valence electrons. The second kappa shape index (κ2) is 6.88. The summed E-state index contributed by atoms with van der Waals surface area (Å²) in [6.45, 7) is 2.31. The number of nitrogens with zero attached hydrogens (tertiary/aromatic N) is 1. The number of hydrogen-bond acceptors (Lipinski definition) is 4. The highest BCUT2D eigenvalue weighted by atomic mass is 16.5. The molecule has 0 bridgehead atoms. The first-order valence-corrected chi connectivity index (χ1v) is 6.88. The zero-order valence-electron chi connectivity index (χ0n) is 11.9. The number of piperazine rings is 1. The Morgan fingerprint density at radius 3 is 2.71 bits per heavy atom. The summed E-state index contributed by atoms with van der Waals surface area (Å²) in [5, 5.41) is 2.54. The number of carbonyl (C=O) groups is 3.